The molecule has 636 valence electrons. The highest BCUT2D eigenvalue weighted by molar-refractivity contribution is 7.47. The van der Waals surface area contributed by atoms with Gasteiger partial charge in [0.1, 0.15) is 19.3 Å². The summed E-state index contributed by atoms with van der Waals surface area (Å²) in [5.41, 5.74) is 0. The lowest BCUT2D eigenvalue weighted by molar-refractivity contribution is -0.161. The molecule has 17 nitrogen and oxygen atoms in total. The first kappa shape index (κ1) is 105. The van der Waals surface area contributed by atoms with E-state index in [2.05, 4.69) is 48.5 Å². The lowest BCUT2D eigenvalue weighted by Crippen LogP contribution is -2.30. The molecule has 3 N–H and O–H groups in total. The van der Waals surface area contributed by atoms with E-state index < -0.39 is 97.5 Å². The van der Waals surface area contributed by atoms with Gasteiger partial charge in [0.05, 0.1) is 26.4 Å². The third-order valence-electron chi connectivity index (χ3n) is 21.0. The normalized spacial score (nSPS) is 14.1. The summed E-state index contributed by atoms with van der Waals surface area (Å²) in [4.78, 5) is 73.3. The average molecular weight is 1560 g/mol. The van der Waals surface area contributed by atoms with Crippen LogP contribution in [-0.2, 0) is 65.4 Å². The summed E-state index contributed by atoms with van der Waals surface area (Å²) in [5.74, 6) is 0.281. The fourth-order valence-electron chi connectivity index (χ4n) is 13.7. The summed E-state index contributed by atoms with van der Waals surface area (Å²) in [5, 5.41) is 10.7. The molecule has 0 aromatic heterocycles. The number of unbranched alkanes of at least 4 members (excludes halogenated alkanes) is 53. The van der Waals surface area contributed by atoms with Gasteiger partial charge in [-0.05, 0) is 43.4 Å². The number of carbonyl (C=O) groups is 4. The number of hydrogen-bond acceptors (Lipinski definition) is 15. The average Bonchev–Trinajstić information content (AvgIpc) is 0.903. The summed E-state index contributed by atoms with van der Waals surface area (Å²) in [6.45, 7) is 12.0. The van der Waals surface area contributed by atoms with Crippen molar-refractivity contribution in [2.45, 2.75) is 484 Å². The number of aliphatic hydroxyl groups is 1. The minimum Gasteiger partial charge on any atom is -0.462 e. The Morgan fingerprint density at radius 3 is 0.710 bits per heavy atom. The van der Waals surface area contributed by atoms with Gasteiger partial charge in [-0.25, -0.2) is 9.13 Å². The zero-order chi connectivity index (χ0) is 78.6. The van der Waals surface area contributed by atoms with Gasteiger partial charge in [0.25, 0.3) is 0 Å². The van der Waals surface area contributed by atoms with E-state index in [1.54, 1.807) is 0 Å². The Bertz CT molecular complexity index is 2060. The van der Waals surface area contributed by atoms with Gasteiger partial charge in [-0.1, -0.05) is 414 Å². The first-order valence-electron chi connectivity index (χ1n) is 45.4. The van der Waals surface area contributed by atoms with Crippen LogP contribution >= 0.6 is 15.6 Å². The van der Waals surface area contributed by atoms with Crippen molar-refractivity contribution in [2.75, 3.05) is 39.6 Å². The number of esters is 4. The molecule has 0 aliphatic heterocycles. The number of ether oxygens (including phenoxy) is 4. The van der Waals surface area contributed by atoms with Crippen LogP contribution in [0.5, 0.6) is 0 Å². The second kappa shape index (κ2) is 78.0. The predicted octanol–water partition coefficient (Wildman–Crippen LogP) is 26.9. The summed E-state index contributed by atoms with van der Waals surface area (Å²) in [7, 11) is -9.93. The van der Waals surface area contributed by atoms with Crippen molar-refractivity contribution in [3.63, 3.8) is 0 Å². The molecule has 3 unspecified atom stereocenters. The fraction of sp³-hybridized carbons (Fsp3) is 0.955. The van der Waals surface area contributed by atoms with Gasteiger partial charge in [-0.15, -0.1) is 0 Å². The van der Waals surface area contributed by atoms with Crippen molar-refractivity contribution in [2.24, 2.45) is 17.8 Å². The van der Waals surface area contributed by atoms with Crippen molar-refractivity contribution >= 4 is 39.5 Å². The number of phosphoric acid groups is 2. The maximum atomic E-state index is 13.2. The zero-order valence-electron chi connectivity index (χ0n) is 70.6. The molecule has 0 heterocycles. The molecule has 0 radical (unpaired) electrons. The Labute approximate surface area is 658 Å². The van der Waals surface area contributed by atoms with Gasteiger partial charge in [0.15, 0.2) is 12.2 Å². The van der Waals surface area contributed by atoms with Crippen LogP contribution < -0.4 is 0 Å². The maximum Gasteiger partial charge on any atom is 0.472 e. The van der Waals surface area contributed by atoms with Gasteiger partial charge in [0, 0.05) is 25.7 Å². The van der Waals surface area contributed by atoms with Crippen LogP contribution in [0.2, 0.25) is 0 Å². The number of carbonyl (C=O) groups excluding carboxylic acids is 4. The molecule has 0 rings (SSSR count). The molecule has 6 atom stereocenters. The van der Waals surface area contributed by atoms with E-state index >= 15 is 0 Å². The third kappa shape index (κ3) is 80.5. The maximum absolute atomic E-state index is 13.2. The molecular weight excluding hydrogens is 1390 g/mol. The molecule has 19 heteroatoms. The molecule has 0 fully saturated rings. The first-order valence-corrected chi connectivity index (χ1v) is 48.4. The molecule has 0 aliphatic rings. The highest BCUT2D eigenvalue weighted by Crippen LogP contribution is 2.45. The molecular formula is C88H172O17P2. The molecule has 0 saturated heterocycles. The molecule has 0 bridgehead atoms. The highest BCUT2D eigenvalue weighted by Gasteiger charge is 2.31. The zero-order valence-corrected chi connectivity index (χ0v) is 72.4. The smallest absolute Gasteiger partial charge is 0.462 e. The second-order valence-electron chi connectivity index (χ2n) is 32.8. The van der Waals surface area contributed by atoms with Crippen LogP contribution in [0.4, 0.5) is 0 Å². The van der Waals surface area contributed by atoms with Gasteiger partial charge in [-0.2, -0.15) is 0 Å². The van der Waals surface area contributed by atoms with Crippen LogP contribution in [0.1, 0.15) is 466 Å². The topological polar surface area (TPSA) is 237 Å². The number of rotatable bonds is 86. The quantitative estimate of drug-likeness (QED) is 0.0222. The van der Waals surface area contributed by atoms with Gasteiger partial charge < -0.3 is 33.8 Å². The molecule has 0 aromatic carbocycles. The lowest BCUT2D eigenvalue weighted by atomic mass is 9.99. The summed E-state index contributed by atoms with van der Waals surface area (Å²) >= 11 is 0. The van der Waals surface area contributed by atoms with Crippen molar-refractivity contribution in [3.05, 3.63) is 0 Å². The third-order valence-corrected chi connectivity index (χ3v) is 22.9. The predicted molar refractivity (Wildman–Crippen MR) is 441 cm³/mol. The molecule has 0 spiro atoms. The first-order chi connectivity index (χ1) is 51.8. The fourth-order valence-corrected chi connectivity index (χ4v) is 15.3. The van der Waals surface area contributed by atoms with Crippen molar-refractivity contribution in [1.29, 1.82) is 0 Å². The van der Waals surface area contributed by atoms with Gasteiger partial charge in [0.2, 0.25) is 0 Å². The van der Waals surface area contributed by atoms with Crippen LogP contribution in [0.15, 0.2) is 0 Å². The van der Waals surface area contributed by atoms with Crippen molar-refractivity contribution in [1.82, 2.24) is 0 Å². The van der Waals surface area contributed by atoms with E-state index in [1.807, 2.05) is 0 Å². The molecule has 0 saturated carbocycles. The van der Waals surface area contributed by atoms with Crippen LogP contribution in [0.3, 0.4) is 0 Å². The van der Waals surface area contributed by atoms with Crippen molar-refractivity contribution < 1.29 is 80.2 Å². The summed E-state index contributed by atoms with van der Waals surface area (Å²) in [6.07, 6.45) is 69.5. The Hall–Kier alpha value is -1.94. The largest absolute Gasteiger partial charge is 0.472 e. The highest BCUT2D eigenvalue weighted by atomic mass is 31.2. The Morgan fingerprint density at radius 2 is 0.477 bits per heavy atom. The number of phosphoric ester groups is 2. The summed E-state index contributed by atoms with van der Waals surface area (Å²) in [6, 6.07) is 0. The van der Waals surface area contributed by atoms with Crippen molar-refractivity contribution in [3.8, 4) is 0 Å². The van der Waals surface area contributed by atoms with E-state index in [1.165, 1.54) is 276 Å². The minimum atomic E-state index is -4.97. The van der Waals surface area contributed by atoms with E-state index in [4.69, 9.17) is 37.0 Å². The Balaban J connectivity index is 5.24. The van der Waals surface area contributed by atoms with E-state index in [0.717, 1.165) is 108 Å². The van der Waals surface area contributed by atoms with Crippen LogP contribution in [0, 0.1) is 17.8 Å². The van der Waals surface area contributed by atoms with E-state index in [0.29, 0.717) is 25.7 Å². The molecule has 0 amide bonds. The van der Waals surface area contributed by atoms with Gasteiger partial charge >= 0.3 is 39.5 Å². The monoisotopic (exact) mass is 1560 g/mol. The van der Waals surface area contributed by atoms with Gasteiger partial charge in [-0.3, -0.25) is 37.3 Å². The SMILES string of the molecule is CCCCCCCCCCCCCCCCCCCCC(=O)OC[C@H](COP(=O)(O)OC[C@@H](O)COP(=O)(O)OC[C@@H](COC(=O)CCCCCCCCCCC(C)C)OC(=O)CCCCCCCCCCCCCCCC(C)C)OC(=O)CCCCCCCCCCCCCCCCCCCCC(C)CC. The lowest BCUT2D eigenvalue weighted by Gasteiger charge is -2.21. The molecule has 0 aromatic rings. The second-order valence-corrected chi connectivity index (χ2v) is 35.7. The Morgan fingerprint density at radius 1 is 0.271 bits per heavy atom. The van der Waals surface area contributed by atoms with E-state index in [-0.39, 0.29) is 25.7 Å². The standard InChI is InChI=1S/C88H172O17P2/c1-8-10-11-12-13-14-15-16-17-18-22-25-30-35-40-48-55-62-69-85(90)98-75-83(104-87(92)71-64-57-50-41-36-31-26-23-20-19-21-24-29-34-39-47-54-61-68-81(7)9-2)77-102-106(94,95)100-73-82(89)74-101-107(96,97)103-78-84(76-99-86(91)70-63-56-49-44-43-46-53-60-67-80(5)6)105-88(93)72-65-58-51-42-37-32-27-28-33-38-45-52-59-66-79(3)4/h79-84,89H,8-78H2,1-7H3,(H,94,95)(H,96,97)/t81?,82-,83-,84-/m1/s1. The number of aliphatic hydroxyl groups excluding tert-OH is 1. The summed E-state index contributed by atoms with van der Waals surface area (Å²) < 4.78 is 69.0. The van der Waals surface area contributed by atoms with Crippen LogP contribution in [0.25, 0.3) is 0 Å². The Kier molecular flexibility index (Phi) is 76.6. The molecule has 107 heavy (non-hydrogen) atoms. The molecule has 0 aliphatic carbocycles. The van der Waals surface area contributed by atoms with E-state index in [9.17, 15) is 43.2 Å². The number of hydrogen-bond donors (Lipinski definition) is 3. The minimum absolute atomic E-state index is 0.107. The van der Waals surface area contributed by atoms with Crippen LogP contribution in [-0.4, -0.2) is 96.7 Å².